The Kier molecular flexibility index (Phi) is 8.12. The third kappa shape index (κ3) is 5.90. The molecule has 0 aromatic heterocycles. The third-order valence-electron chi connectivity index (χ3n) is 2.06. The van der Waals surface area contributed by atoms with Gasteiger partial charge in [0.05, 0.1) is 14.2 Å². The average molecular weight is 387 g/mol. The Morgan fingerprint density at radius 2 is 1.95 bits per heavy atom. The molecule has 1 aromatic carbocycles. The van der Waals surface area contributed by atoms with E-state index in [1.54, 1.807) is 18.2 Å². The van der Waals surface area contributed by atoms with Crippen molar-refractivity contribution in [2.45, 2.75) is 6.43 Å². The van der Waals surface area contributed by atoms with Crippen LogP contribution in [0.3, 0.4) is 0 Å². The molecule has 0 saturated heterocycles. The summed E-state index contributed by atoms with van der Waals surface area (Å²) in [6, 6.07) is 4.97. The summed E-state index contributed by atoms with van der Waals surface area (Å²) in [4.78, 5) is 3.48. The number of ether oxygens (including phenoxy) is 2. The van der Waals surface area contributed by atoms with Crippen LogP contribution in [0.15, 0.2) is 23.2 Å². The molecule has 0 aliphatic heterocycles. The van der Waals surface area contributed by atoms with Crippen molar-refractivity contribution in [1.29, 1.82) is 0 Å². The highest BCUT2D eigenvalue weighted by molar-refractivity contribution is 14.0. The van der Waals surface area contributed by atoms with Crippen molar-refractivity contribution < 1.29 is 18.3 Å². The van der Waals surface area contributed by atoms with Crippen LogP contribution in [0.2, 0.25) is 0 Å². The molecule has 0 radical (unpaired) electrons. The molecule has 19 heavy (non-hydrogen) atoms. The maximum absolute atomic E-state index is 11.9. The van der Waals surface area contributed by atoms with Crippen molar-refractivity contribution in [2.75, 3.05) is 26.1 Å². The number of alkyl halides is 2. The van der Waals surface area contributed by atoms with Gasteiger partial charge in [-0.2, -0.15) is 0 Å². The number of nitrogens with one attached hydrogen (secondary N) is 1. The van der Waals surface area contributed by atoms with E-state index in [1.165, 1.54) is 14.2 Å². The molecule has 0 bridgehead atoms. The van der Waals surface area contributed by atoms with Crippen LogP contribution in [0.1, 0.15) is 0 Å². The Morgan fingerprint density at radius 3 is 2.47 bits per heavy atom. The average Bonchev–Trinajstić information content (AvgIpc) is 2.36. The van der Waals surface area contributed by atoms with Crippen LogP contribution >= 0.6 is 24.0 Å². The lowest BCUT2D eigenvalue weighted by atomic mass is 10.3. The standard InChI is InChI=1S/C11H15F2N3O2.HI/c1-17-8-4-3-7(5-9(8)18-2)16-11(14)15-6-10(12)13;/h3-5,10H,6H2,1-2H3,(H3,14,15,16);1H. The summed E-state index contributed by atoms with van der Waals surface area (Å²) in [5, 5.41) is 2.68. The SMILES string of the molecule is COc1ccc(NC(N)=NCC(F)F)cc1OC.I. The van der Waals surface area contributed by atoms with Gasteiger partial charge in [-0.05, 0) is 12.1 Å². The van der Waals surface area contributed by atoms with Crippen molar-refractivity contribution in [3.05, 3.63) is 18.2 Å². The molecule has 108 valence electrons. The summed E-state index contributed by atoms with van der Waals surface area (Å²) < 4.78 is 34.0. The van der Waals surface area contributed by atoms with Crippen LogP contribution in [0.4, 0.5) is 14.5 Å². The highest BCUT2D eigenvalue weighted by Gasteiger charge is 2.05. The van der Waals surface area contributed by atoms with E-state index in [1.807, 2.05) is 0 Å². The molecule has 0 aliphatic carbocycles. The zero-order valence-electron chi connectivity index (χ0n) is 10.5. The fourth-order valence-electron chi connectivity index (χ4n) is 1.27. The number of nitrogens with zero attached hydrogens (tertiary/aromatic N) is 1. The molecule has 0 unspecified atom stereocenters. The first-order valence-corrected chi connectivity index (χ1v) is 5.14. The van der Waals surface area contributed by atoms with E-state index in [9.17, 15) is 8.78 Å². The first kappa shape index (κ1) is 17.7. The summed E-state index contributed by atoms with van der Waals surface area (Å²) in [6.45, 7) is -0.633. The van der Waals surface area contributed by atoms with Crippen LogP contribution in [-0.2, 0) is 0 Å². The van der Waals surface area contributed by atoms with E-state index in [0.717, 1.165) is 0 Å². The first-order chi connectivity index (χ1) is 8.56. The number of aliphatic imine (C=N–C) groups is 1. The number of hydrogen-bond donors (Lipinski definition) is 2. The normalized spacial score (nSPS) is 10.9. The minimum Gasteiger partial charge on any atom is -0.493 e. The number of methoxy groups -OCH3 is 2. The zero-order valence-corrected chi connectivity index (χ0v) is 12.9. The van der Waals surface area contributed by atoms with Gasteiger partial charge in [0.25, 0.3) is 6.43 Å². The van der Waals surface area contributed by atoms with Crippen molar-refractivity contribution in [2.24, 2.45) is 10.7 Å². The van der Waals surface area contributed by atoms with Gasteiger partial charge in [-0.1, -0.05) is 0 Å². The summed E-state index contributed by atoms with van der Waals surface area (Å²) in [5.74, 6) is 0.984. The number of rotatable bonds is 5. The van der Waals surface area contributed by atoms with Gasteiger partial charge in [0.2, 0.25) is 0 Å². The van der Waals surface area contributed by atoms with Gasteiger partial charge in [-0.3, -0.25) is 0 Å². The second-order valence-electron chi connectivity index (χ2n) is 3.31. The fraction of sp³-hybridized carbons (Fsp3) is 0.364. The maximum Gasteiger partial charge on any atom is 0.257 e. The number of halogens is 3. The van der Waals surface area contributed by atoms with E-state index >= 15 is 0 Å². The van der Waals surface area contributed by atoms with Crippen LogP contribution in [0.5, 0.6) is 11.5 Å². The minimum atomic E-state index is -2.52. The predicted octanol–water partition coefficient (Wildman–Crippen LogP) is 2.31. The van der Waals surface area contributed by atoms with Crippen molar-refractivity contribution in [1.82, 2.24) is 0 Å². The third-order valence-corrected chi connectivity index (χ3v) is 2.06. The Hall–Kier alpha value is -1.32. The molecular weight excluding hydrogens is 371 g/mol. The molecule has 3 N–H and O–H groups in total. The topological polar surface area (TPSA) is 68.9 Å². The molecule has 1 rings (SSSR count). The van der Waals surface area contributed by atoms with Gasteiger partial charge in [-0.15, -0.1) is 24.0 Å². The zero-order chi connectivity index (χ0) is 13.5. The van der Waals surface area contributed by atoms with E-state index in [0.29, 0.717) is 17.2 Å². The summed E-state index contributed by atoms with van der Waals surface area (Å²) in [5.41, 5.74) is 6.02. The van der Waals surface area contributed by atoms with Crippen LogP contribution in [0.25, 0.3) is 0 Å². The molecule has 5 nitrogen and oxygen atoms in total. The van der Waals surface area contributed by atoms with E-state index < -0.39 is 13.0 Å². The van der Waals surface area contributed by atoms with Crippen molar-refractivity contribution in [3.63, 3.8) is 0 Å². The molecule has 0 saturated carbocycles. The maximum atomic E-state index is 11.9. The Labute approximate surface area is 127 Å². The van der Waals surface area contributed by atoms with E-state index in [2.05, 4.69) is 10.3 Å². The smallest absolute Gasteiger partial charge is 0.257 e. The number of anilines is 1. The molecule has 0 spiro atoms. The summed E-state index contributed by atoms with van der Waals surface area (Å²) in [6.07, 6.45) is -2.52. The van der Waals surface area contributed by atoms with Crippen LogP contribution in [0, 0.1) is 0 Å². The first-order valence-electron chi connectivity index (χ1n) is 5.14. The molecule has 0 aliphatic rings. The van der Waals surface area contributed by atoms with Gasteiger partial charge >= 0.3 is 0 Å². The summed E-state index contributed by atoms with van der Waals surface area (Å²) >= 11 is 0. The van der Waals surface area contributed by atoms with Gasteiger partial charge in [0.1, 0.15) is 6.54 Å². The lowest BCUT2D eigenvalue weighted by molar-refractivity contribution is 0.158. The van der Waals surface area contributed by atoms with E-state index in [4.69, 9.17) is 15.2 Å². The Balaban J connectivity index is 0.00000324. The van der Waals surface area contributed by atoms with Crippen LogP contribution < -0.4 is 20.5 Å². The van der Waals surface area contributed by atoms with Gasteiger partial charge < -0.3 is 20.5 Å². The fourth-order valence-corrected chi connectivity index (χ4v) is 1.27. The Bertz CT molecular complexity index is 430. The second-order valence-corrected chi connectivity index (χ2v) is 3.31. The number of hydrogen-bond acceptors (Lipinski definition) is 3. The molecule has 0 heterocycles. The quantitative estimate of drug-likeness (QED) is 0.462. The second kappa shape index (κ2) is 8.73. The van der Waals surface area contributed by atoms with Gasteiger partial charge in [0.15, 0.2) is 17.5 Å². The Morgan fingerprint density at radius 1 is 1.32 bits per heavy atom. The lowest BCUT2D eigenvalue weighted by Crippen LogP contribution is -2.23. The van der Waals surface area contributed by atoms with E-state index in [-0.39, 0.29) is 29.9 Å². The summed E-state index contributed by atoms with van der Waals surface area (Å²) in [7, 11) is 3.01. The molecule has 0 atom stereocenters. The highest BCUT2D eigenvalue weighted by Crippen LogP contribution is 2.29. The lowest BCUT2D eigenvalue weighted by Gasteiger charge is -2.10. The highest BCUT2D eigenvalue weighted by atomic mass is 127. The molecule has 0 amide bonds. The number of benzene rings is 1. The predicted molar refractivity (Wildman–Crippen MR) is 81.1 cm³/mol. The van der Waals surface area contributed by atoms with Crippen molar-refractivity contribution in [3.8, 4) is 11.5 Å². The number of guanidine groups is 1. The number of nitrogens with two attached hydrogens (primary N) is 1. The van der Waals surface area contributed by atoms with Gasteiger partial charge in [0, 0.05) is 11.8 Å². The molecule has 0 fully saturated rings. The molecule has 1 aromatic rings. The van der Waals surface area contributed by atoms with Gasteiger partial charge in [-0.25, -0.2) is 13.8 Å². The molecule has 8 heteroatoms. The monoisotopic (exact) mass is 387 g/mol. The largest absolute Gasteiger partial charge is 0.493 e. The molecular formula is C11H16F2IN3O2. The minimum absolute atomic E-state index is 0. The van der Waals surface area contributed by atoms with Crippen LogP contribution in [-0.4, -0.2) is 33.1 Å². The van der Waals surface area contributed by atoms with Crippen molar-refractivity contribution >= 4 is 35.6 Å².